The van der Waals surface area contributed by atoms with Crippen LogP contribution in [0.4, 0.5) is 0 Å². The van der Waals surface area contributed by atoms with E-state index in [1.165, 1.54) is 4.88 Å². The highest BCUT2D eigenvalue weighted by Gasteiger charge is 2.09. The summed E-state index contributed by atoms with van der Waals surface area (Å²) >= 11 is 1.79. The Morgan fingerprint density at radius 2 is 2.41 bits per heavy atom. The van der Waals surface area contributed by atoms with E-state index in [1.807, 2.05) is 6.33 Å². The Morgan fingerprint density at radius 1 is 1.53 bits per heavy atom. The summed E-state index contributed by atoms with van der Waals surface area (Å²) in [5.74, 6) is 0. The van der Waals surface area contributed by atoms with E-state index < -0.39 is 0 Å². The molecule has 0 aliphatic rings. The van der Waals surface area contributed by atoms with Crippen molar-refractivity contribution in [2.45, 2.75) is 32.9 Å². The van der Waals surface area contributed by atoms with Crippen LogP contribution in [0.15, 0.2) is 30.0 Å². The molecule has 2 aromatic heterocycles. The van der Waals surface area contributed by atoms with Crippen molar-refractivity contribution in [1.82, 2.24) is 14.9 Å². The second kappa shape index (κ2) is 5.98. The number of hydrogen-bond donors (Lipinski definition) is 1. The van der Waals surface area contributed by atoms with E-state index in [2.05, 4.69) is 52.4 Å². The van der Waals surface area contributed by atoms with Gasteiger partial charge in [-0.05, 0) is 31.3 Å². The fourth-order valence-electron chi connectivity index (χ4n) is 1.75. The van der Waals surface area contributed by atoms with Gasteiger partial charge in [-0.25, -0.2) is 4.98 Å². The zero-order valence-corrected chi connectivity index (χ0v) is 11.2. The standard InChI is InChI=1S/C13H19N3S/c1-3-6-14-8-12-9-16(10-15-12)11(2)13-5-4-7-17-13/h4-5,7,9-11,14H,3,6,8H2,1-2H3. The molecule has 2 rings (SSSR count). The Balaban J connectivity index is 1.98. The van der Waals surface area contributed by atoms with Crippen molar-refractivity contribution in [3.8, 4) is 0 Å². The lowest BCUT2D eigenvalue weighted by Crippen LogP contribution is -2.14. The van der Waals surface area contributed by atoms with Crippen molar-refractivity contribution < 1.29 is 0 Å². The second-order valence-electron chi connectivity index (χ2n) is 4.18. The van der Waals surface area contributed by atoms with Crippen molar-refractivity contribution >= 4 is 11.3 Å². The number of thiophene rings is 1. The van der Waals surface area contributed by atoms with Gasteiger partial charge in [0, 0.05) is 17.6 Å². The maximum Gasteiger partial charge on any atom is 0.0955 e. The molecule has 0 saturated heterocycles. The first kappa shape index (κ1) is 12.3. The Kier molecular flexibility index (Phi) is 4.34. The van der Waals surface area contributed by atoms with Crippen LogP contribution in [-0.4, -0.2) is 16.1 Å². The molecular weight excluding hydrogens is 230 g/mol. The maximum absolute atomic E-state index is 4.42. The third-order valence-corrected chi connectivity index (χ3v) is 3.83. The summed E-state index contributed by atoms with van der Waals surface area (Å²) in [5.41, 5.74) is 1.11. The van der Waals surface area contributed by atoms with Gasteiger partial charge in [0.25, 0.3) is 0 Å². The minimum atomic E-state index is 0.377. The highest BCUT2D eigenvalue weighted by atomic mass is 32.1. The van der Waals surface area contributed by atoms with Crippen molar-refractivity contribution in [2.75, 3.05) is 6.54 Å². The minimum Gasteiger partial charge on any atom is -0.329 e. The molecule has 0 amide bonds. The molecule has 0 aliphatic heterocycles. The van der Waals surface area contributed by atoms with Crippen molar-refractivity contribution in [3.05, 3.63) is 40.6 Å². The SMILES string of the molecule is CCCNCc1cn(C(C)c2cccs2)cn1. The van der Waals surface area contributed by atoms with Crippen LogP contribution < -0.4 is 5.32 Å². The molecule has 1 unspecified atom stereocenters. The van der Waals surface area contributed by atoms with Gasteiger partial charge in [0.1, 0.15) is 0 Å². The Bertz CT molecular complexity index is 433. The fourth-order valence-corrected chi connectivity index (χ4v) is 2.54. The lowest BCUT2D eigenvalue weighted by atomic mass is 10.3. The molecule has 2 aromatic rings. The number of hydrogen-bond acceptors (Lipinski definition) is 3. The number of aromatic nitrogens is 2. The molecule has 4 heteroatoms. The highest BCUT2D eigenvalue weighted by Crippen LogP contribution is 2.22. The Hall–Kier alpha value is -1.13. The zero-order chi connectivity index (χ0) is 12.1. The maximum atomic E-state index is 4.42. The average Bonchev–Trinajstić information content (AvgIpc) is 3.00. The predicted octanol–water partition coefficient (Wildman–Crippen LogP) is 3.05. The lowest BCUT2D eigenvalue weighted by molar-refractivity contribution is 0.643. The van der Waals surface area contributed by atoms with E-state index in [1.54, 1.807) is 11.3 Å². The number of nitrogens with one attached hydrogen (secondary N) is 1. The highest BCUT2D eigenvalue weighted by molar-refractivity contribution is 7.10. The minimum absolute atomic E-state index is 0.377. The van der Waals surface area contributed by atoms with Crippen molar-refractivity contribution in [3.63, 3.8) is 0 Å². The molecular formula is C13H19N3S. The van der Waals surface area contributed by atoms with E-state index in [0.717, 1.165) is 25.2 Å². The first-order chi connectivity index (χ1) is 8.31. The smallest absolute Gasteiger partial charge is 0.0955 e. The van der Waals surface area contributed by atoms with E-state index in [-0.39, 0.29) is 0 Å². The zero-order valence-electron chi connectivity index (χ0n) is 10.4. The first-order valence-corrected chi connectivity index (χ1v) is 6.95. The van der Waals surface area contributed by atoms with E-state index >= 15 is 0 Å². The van der Waals surface area contributed by atoms with Gasteiger partial charge in [-0.3, -0.25) is 0 Å². The summed E-state index contributed by atoms with van der Waals surface area (Å²) in [5, 5.41) is 5.48. The van der Waals surface area contributed by atoms with Crippen molar-refractivity contribution in [2.24, 2.45) is 0 Å². The van der Waals surface area contributed by atoms with Gasteiger partial charge in [0.05, 0.1) is 18.1 Å². The molecule has 0 aromatic carbocycles. The predicted molar refractivity (Wildman–Crippen MR) is 72.4 cm³/mol. The molecule has 1 atom stereocenters. The summed E-state index contributed by atoms with van der Waals surface area (Å²) in [4.78, 5) is 5.79. The van der Waals surface area contributed by atoms with E-state index in [4.69, 9.17) is 0 Å². The molecule has 0 aliphatic carbocycles. The van der Waals surface area contributed by atoms with Gasteiger partial charge in [-0.15, -0.1) is 11.3 Å². The molecule has 0 fully saturated rings. The van der Waals surface area contributed by atoms with Crippen molar-refractivity contribution in [1.29, 1.82) is 0 Å². The van der Waals surface area contributed by atoms with E-state index in [0.29, 0.717) is 6.04 Å². The second-order valence-corrected chi connectivity index (χ2v) is 5.16. The molecule has 0 saturated carbocycles. The summed E-state index contributed by atoms with van der Waals surface area (Å²) in [6.07, 6.45) is 5.21. The van der Waals surface area contributed by atoms with E-state index in [9.17, 15) is 0 Å². The van der Waals surface area contributed by atoms with Crippen LogP contribution >= 0.6 is 11.3 Å². The number of nitrogens with zero attached hydrogens (tertiary/aromatic N) is 2. The third-order valence-electron chi connectivity index (χ3n) is 2.79. The lowest BCUT2D eigenvalue weighted by Gasteiger charge is -2.10. The fraction of sp³-hybridized carbons (Fsp3) is 0.462. The summed E-state index contributed by atoms with van der Waals surface area (Å²) in [6.45, 7) is 6.28. The van der Waals surface area contributed by atoms with Gasteiger partial charge < -0.3 is 9.88 Å². The summed E-state index contributed by atoms with van der Waals surface area (Å²) in [7, 11) is 0. The molecule has 2 heterocycles. The molecule has 17 heavy (non-hydrogen) atoms. The first-order valence-electron chi connectivity index (χ1n) is 6.07. The van der Waals surface area contributed by atoms with Crippen LogP contribution in [0.3, 0.4) is 0 Å². The topological polar surface area (TPSA) is 29.9 Å². The van der Waals surface area contributed by atoms with Crippen LogP contribution in [0.25, 0.3) is 0 Å². The van der Waals surface area contributed by atoms with Gasteiger partial charge >= 0.3 is 0 Å². The number of rotatable bonds is 6. The van der Waals surface area contributed by atoms with Gasteiger partial charge in [-0.2, -0.15) is 0 Å². The largest absolute Gasteiger partial charge is 0.329 e. The third kappa shape index (κ3) is 3.17. The monoisotopic (exact) mass is 249 g/mol. The van der Waals surface area contributed by atoms with Crippen LogP contribution in [0.5, 0.6) is 0 Å². The quantitative estimate of drug-likeness (QED) is 0.797. The van der Waals surface area contributed by atoms with Crippen LogP contribution in [0.2, 0.25) is 0 Å². The van der Waals surface area contributed by atoms with Gasteiger partial charge in [0.15, 0.2) is 0 Å². The molecule has 0 radical (unpaired) electrons. The number of imidazole rings is 1. The van der Waals surface area contributed by atoms with Gasteiger partial charge in [0.2, 0.25) is 0 Å². The molecule has 3 nitrogen and oxygen atoms in total. The normalized spacial score (nSPS) is 12.8. The molecule has 0 bridgehead atoms. The summed E-state index contributed by atoms with van der Waals surface area (Å²) in [6, 6.07) is 4.64. The Morgan fingerprint density at radius 3 is 3.12 bits per heavy atom. The Labute approximate surface area is 107 Å². The molecule has 92 valence electrons. The van der Waals surface area contributed by atoms with Crippen LogP contribution in [-0.2, 0) is 6.54 Å². The van der Waals surface area contributed by atoms with Gasteiger partial charge in [-0.1, -0.05) is 13.0 Å². The summed E-state index contributed by atoms with van der Waals surface area (Å²) < 4.78 is 2.18. The molecule has 0 spiro atoms. The van der Waals surface area contributed by atoms with Crippen LogP contribution in [0, 0.1) is 0 Å². The van der Waals surface area contributed by atoms with Crippen LogP contribution in [0.1, 0.15) is 36.9 Å². The molecule has 1 N–H and O–H groups in total. The average molecular weight is 249 g/mol.